The van der Waals surface area contributed by atoms with E-state index in [1.54, 1.807) is 30.6 Å². The van der Waals surface area contributed by atoms with Crippen LogP contribution in [0.2, 0.25) is 0 Å². The van der Waals surface area contributed by atoms with Crippen LogP contribution in [0, 0.1) is 5.82 Å². The van der Waals surface area contributed by atoms with Gasteiger partial charge in [-0.1, -0.05) is 13.0 Å². The summed E-state index contributed by atoms with van der Waals surface area (Å²) < 4.78 is 19.2. The highest BCUT2D eigenvalue weighted by atomic mass is 32.1. The number of rotatable bonds is 6. The van der Waals surface area contributed by atoms with Crippen LogP contribution in [-0.2, 0) is 13.0 Å². The summed E-state index contributed by atoms with van der Waals surface area (Å²) in [6.45, 7) is 4.84. The predicted octanol–water partition coefficient (Wildman–Crippen LogP) is 4.31. The summed E-state index contributed by atoms with van der Waals surface area (Å²) in [4.78, 5) is 2.64. The zero-order chi connectivity index (χ0) is 14.5. The third kappa shape index (κ3) is 3.38. The fourth-order valence-corrected chi connectivity index (χ4v) is 3.09. The quantitative estimate of drug-likeness (QED) is 0.857. The lowest BCUT2D eigenvalue weighted by Crippen LogP contribution is -2.19. The highest BCUT2D eigenvalue weighted by Gasteiger charge is 2.16. The van der Waals surface area contributed by atoms with Crippen molar-refractivity contribution in [1.82, 2.24) is 5.32 Å². The molecule has 0 amide bonds. The van der Waals surface area contributed by atoms with Gasteiger partial charge in [-0.3, -0.25) is 0 Å². The van der Waals surface area contributed by atoms with E-state index in [2.05, 4.69) is 24.4 Å². The second-order valence-corrected chi connectivity index (χ2v) is 5.93. The lowest BCUT2D eigenvalue weighted by atomic mass is 10.1. The number of nitrogens with one attached hydrogen (secondary N) is 1. The van der Waals surface area contributed by atoms with Crippen molar-refractivity contribution in [2.45, 2.75) is 32.9 Å². The zero-order valence-corrected chi connectivity index (χ0v) is 12.9. The fourth-order valence-electron chi connectivity index (χ4n) is 2.18. The Labute approximate surface area is 123 Å². The van der Waals surface area contributed by atoms with E-state index in [4.69, 9.17) is 4.74 Å². The number of thiophene rings is 1. The lowest BCUT2D eigenvalue weighted by molar-refractivity contribution is 0.393. The van der Waals surface area contributed by atoms with Gasteiger partial charge in [0.2, 0.25) is 0 Å². The topological polar surface area (TPSA) is 21.3 Å². The maximum absolute atomic E-state index is 14.0. The Morgan fingerprint density at radius 2 is 2.00 bits per heavy atom. The van der Waals surface area contributed by atoms with Crippen LogP contribution < -0.4 is 10.1 Å². The van der Waals surface area contributed by atoms with Gasteiger partial charge in [-0.15, -0.1) is 11.3 Å². The molecule has 0 radical (unpaired) electrons. The zero-order valence-electron chi connectivity index (χ0n) is 12.1. The minimum Gasteiger partial charge on any atom is -0.496 e. The molecule has 1 heterocycles. The predicted molar refractivity (Wildman–Crippen MR) is 81.9 cm³/mol. The molecule has 108 valence electrons. The first-order valence-corrected chi connectivity index (χ1v) is 7.60. The maximum Gasteiger partial charge on any atom is 0.131 e. The molecule has 0 spiro atoms. The molecule has 2 nitrogen and oxygen atoms in total. The van der Waals surface area contributed by atoms with Crippen LogP contribution in [0.1, 0.15) is 35.2 Å². The largest absolute Gasteiger partial charge is 0.496 e. The number of methoxy groups -OCH3 is 1. The molecule has 1 N–H and O–H groups in total. The number of aryl methyl sites for hydroxylation is 1. The van der Waals surface area contributed by atoms with Gasteiger partial charge in [0.1, 0.15) is 11.6 Å². The minimum atomic E-state index is -0.232. The van der Waals surface area contributed by atoms with Crippen molar-refractivity contribution in [3.63, 3.8) is 0 Å². The summed E-state index contributed by atoms with van der Waals surface area (Å²) >= 11 is 1.80. The van der Waals surface area contributed by atoms with Gasteiger partial charge in [0.25, 0.3) is 0 Å². The summed E-state index contributed by atoms with van der Waals surface area (Å²) in [5.74, 6) is 0.357. The fraction of sp³-hybridized carbons (Fsp3) is 0.375. The molecular weight excluding hydrogens is 273 g/mol. The van der Waals surface area contributed by atoms with Gasteiger partial charge >= 0.3 is 0 Å². The van der Waals surface area contributed by atoms with E-state index >= 15 is 0 Å². The monoisotopic (exact) mass is 293 g/mol. The number of ether oxygens (including phenoxy) is 1. The molecule has 0 aliphatic carbocycles. The molecule has 1 aromatic carbocycles. The second kappa shape index (κ2) is 6.86. The maximum atomic E-state index is 14.0. The first-order valence-electron chi connectivity index (χ1n) is 6.79. The molecule has 0 aliphatic heterocycles. The summed E-state index contributed by atoms with van der Waals surface area (Å²) in [5, 5.41) is 3.36. The van der Waals surface area contributed by atoms with Crippen molar-refractivity contribution >= 4 is 11.3 Å². The van der Waals surface area contributed by atoms with Crippen molar-refractivity contribution in [1.29, 1.82) is 0 Å². The van der Waals surface area contributed by atoms with E-state index in [9.17, 15) is 4.39 Å². The Hall–Kier alpha value is -1.39. The number of hydrogen-bond acceptors (Lipinski definition) is 3. The molecule has 2 aromatic rings. The van der Waals surface area contributed by atoms with Crippen LogP contribution in [0.3, 0.4) is 0 Å². The van der Waals surface area contributed by atoms with Gasteiger partial charge < -0.3 is 10.1 Å². The minimum absolute atomic E-state index is 0.0988. The van der Waals surface area contributed by atoms with Crippen molar-refractivity contribution in [3.05, 3.63) is 51.5 Å². The van der Waals surface area contributed by atoms with E-state index in [1.807, 2.05) is 6.92 Å². The molecular formula is C16H20FNOS. The average Bonchev–Trinajstić information content (AvgIpc) is 2.92. The van der Waals surface area contributed by atoms with E-state index in [-0.39, 0.29) is 11.9 Å². The van der Waals surface area contributed by atoms with Crippen molar-refractivity contribution in [2.24, 2.45) is 0 Å². The first kappa shape index (κ1) is 15.0. The summed E-state index contributed by atoms with van der Waals surface area (Å²) in [7, 11) is 1.57. The molecule has 2 rings (SSSR count). The summed E-state index contributed by atoms with van der Waals surface area (Å²) in [6.07, 6.45) is 1.06. The Morgan fingerprint density at radius 3 is 2.65 bits per heavy atom. The van der Waals surface area contributed by atoms with Gasteiger partial charge in [0.15, 0.2) is 0 Å². The highest BCUT2D eigenvalue weighted by Crippen LogP contribution is 2.28. The highest BCUT2D eigenvalue weighted by molar-refractivity contribution is 7.11. The Kier molecular flexibility index (Phi) is 5.15. The van der Waals surface area contributed by atoms with E-state index in [1.165, 1.54) is 15.8 Å². The van der Waals surface area contributed by atoms with Gasteiger partial charge in [-0.25, -0.2) is 4.39 Å². The second-order valence-electron chi connectivity index (χ2n) is 4.68. The van der Waals surface area contributed by atoms with Gasteiger partial charge in [0.05, 0.1) is 7.11 Å². The molecule has 1 unspecified atom stereocenters. The summed E-state index contributed by atoms with van der Waals surface area (Å²) in [6, 6.07) is 9.10. The summed E-state index contributed by atoms with van der Waals surface area (Å²) in [5.41, 5.74) is 0.585. The van der Waals surface area contributed by atoms with Crippen molar-refractivity contribution in [2.75, 3.05) is 7.11 Å². The molecule has 1 aromatic heterocycles. The van der Waals surface area contributed by atoms with Crippen molar-refractivity contribution < 1.29 is 9.13 Å². The van der Waals surface area contributed by atoms with Crippen molar-refractivity contribution in [3.8, 4) is 5.75 Å². The SMILES string of the molecule is CCc1ccc(CNC(C)c2c(F)cccc2OC)s1. The number of hydrogen-bond donors (Lipinski definition) is 1. The van der Waals surface area contributed by atoms with Crippen LogP contribution in [-0.4, -0.2) is 7.11 Å². The Bertz CT molecular complexity index is 567. The van der Waals surface area contributed by atoms with Crippen LogP contribution in [0.4, 0.5) is 4.39 Å². The lowest BCUT2D eigenvalue weighted by Gasteiger charge is -2.17. The number of benzene rings is 1. The van der Waals surface area contributed by atoms with Gasteiger partial charge in [0, 0.05) is 27.9 Å². The molecule has 0 saturated carbocycles. The van der Waals surface area contributed by atoms with Crippen LogP contribution in [0.5, 0.6) is 5.75 Å². The molecule has 0 fully saturated rings. The molecule has 0 bridgehead atoms. The normalized spacial score (nSPS) is 12.4. The van der Waals surface area contributed by atoms with Crippen LogP contribution >= 0.6 is 11.3 Å². The smallest absolute Gasteiger partial charge is 0.131 e. The molecule has 1 atom stereocenters. The molecule has 0 aliphatic rings. The van der Waals surface area contributed by atoms with E-state index in [0.717, 1.165) is 13.0 Å². The first-order chi connectivity index (χ1) is 9.65. The van der Waals surface area contributed by atoms with E-state index < -0.39 is 0 Å². The Balaban J connectivity index is 2.06. The molecule has 4 heteroatoms. The van der Waals surface area contributed by atoms with Gasteiger partial charge in [-0.2, -0.15) is 0 Å². The number of halogens is 1. The standard InChI is InChI=1S/C16H20FNOS/c1-4-12-8-9-13(20-12)10-18-11(2)16-14(17)6-5-7-15(16)19-3/h5-9,11,18H,4,10H2,1-3H3. The molecule has 0 saturated heterocycles. The third-order valence-corrected chi connectivity index (χ3v) is 4.54. The van der Waals surface area contributed by atoms with E-state index in [0.29, 0.717) is 11.3 Å². The average molecular weight is 293 g/mol. The van der Waals surface area contributed by atoms with Gasteiger partial charge in [-0.05, 0) is 37.6 Å². The van der Waals surface area contributed by atoms with Crippen LogP contribution in [0.25, 0.3) is 0 Å². The third-order valence-electron chi connectivity index (χ3n) is 3.31. The van der Waals surface area contributed by atoms with Crippen LogP contribution in [0.15, 0.2) is 30.3 Å². The molecule has 20 heavy (non-hydrogen) atoms. The Morgan fingerprint density at radius 1 is 1.25 bits per heavy atom.